The molecule has 0 atom stereocenters. The van der Waals surface area contributed by atoms with Crippen LogP contribution in [0, 0.1) is 0 Å². The predicted molar refractivity (Wildman–Crippen MR) is 64.0 cm³/mol. The Morgan fingerprint density at radius 1 is 1.53 bits per heavy atom. The van der Waals surface area contributed by atoms with E-state index in [-0.39, 0.29) is 11.5 Å². The number of nitrogens with two attached hydrogens (primary N) is 1. The molecule has 1 aliphatic heterocycles. The smallest absolute Gasteiger partial charge is 0.265 e. The Morgan fingerprint density at radius 3 is 2.94 bits per heavy atom. The highest BCUT2D eigenvalue weighted by Crippen LogP contribution is 2.47. The van der Waals surface area contributed by atoms with Gasteiger partial charge in [-0.3, -0.25) is 10.2 Å². The molecule has 1 spiro atoms. The van der Waals surface area contributed by atoms with E-state index in [9.17, 15) is 4.79 Å². The monoisotopic (exact) mass is 233 g/mol. The zero-order valence-corrected chi connectivity index (χ0v) is 9.69. The van der Waals surface area contributed by atoms with E-state index in [0.29, 0.717) is 5.56 Å². The first kappa shape index (κ1) is 10.4. The van der Waals surface area contributed by atoms with Gasteiger partial charge in [-0.2, -0.15) is 0 Å². The molecule has 1 heterocycles. The van der Waals surface area contributed by atoms with Crippen molar-refractivity contribution >= 4 is 11.6 Å². The fourth-order valence-electron chi connectivity index (χ4n) is 2.32. The fraction of sp³-hybridized carbons (Fsp3) is 0.417. The highest BCUT2D eigenvalue weighted by atomic mass is 16.5. The fourth-order valence-corrected chi connectivity index (χ4v) is 2.32. The van der Waals surface area contributed by atoms with E-state index in [1.165, 1.54) is 0 Å². The highest BCUT2D eigenvalue weighted by molar-refractivity contribution is 5.95. The number of hydrazine groups is 1. The van der Waals surface area contributed by atoms with Crippen molar-refractivity contribution in [2.24, 2.45) is 5.84 Å². The van der Waals surface area contributed by atoms with Gasteiger partial charge in [-0.05, 0) is 31.0 Å². The third kappa shape index (κ3) is 1.63. The van der Waals surface area contributed by atoms with Crippen LogP contribution in [0.25, 0.3) is 0 Å². The minimum atomic E-state index is -0.297. The van der Waals surface area contributed by atoms with E-state index >= 15 is 0 Å². The lowest BCUT2D eigenvalue weighted by Crippen LogP contribution is -2.39. The number of ether oxygens (including phenoxy) is 1. The quantitative estimate of drug-likeness (QED) is 0.424. The number of anilines is 1. The third-order valence-electron chi connectivity index (χ3n) is 3.42. The average molecular weight is 233 g/mol. The predicted octanol–water partition coefficient (Wildman–Crippen LogP) is 0.651. The number of benzene rings is 1. The molecule has 0 radical (unpaired) electrons. The summed E-state index contributed by atoms with van der Waals surface area (Å²) < 4.78 is 5.97. The first-order chi connectivity index (χ1) is 8.13. The van der Waals surface area contributed by atoms with E-state index in [1.54, 1.807) is 12.1 Å². The molecule has 0 bridgehead atoms. The number of rotatable bonds is 1. The highest BCUT2D eigenvalue weighted by Gasteiger charge is 2.49. The van der Waals surface area contributed by atoms with Gasteiger partial charge in [-0.1, -0.05) is 0 Å². The van der Waals surface area contributed by atoms with Gasteiger partial charge in [0.1, 0.15) is 11.4 Å². The van der Waals surface area contributed by atoms with Gasteiger partial charge in [-0.15, -0.1) is 0 Å². The number of nitrogen functional groups attached to an aromatic ring is 1. The van der Waals surface area contributed by atoms with E-state index in [2.05, 4.69) is 10.3 Å². The van der Waals surface area contributed by atoms with Crippen LogP contribution in [0.15, 0.2) is 18.2 Å². The normalized spacial score (nSPS) is 19.5. The van der Waals surface area contributed by atoms with Crippen molar-refractivity contribution in [2.75, 3.05) is 18.5 Å². The average Bonchev–Trinajstić information content (AvgIpc) is 3.06. The molecule has 1 aliphatic carbocycles. The molecule has 1 saturated carbocycles. The Hall–Kier alpha value is -1.75. The SMILES string of the molecule is CN1CC2(CC2)Oc2cc(C(=O)NN)ccc21. The maximum Gasteiger partial charge on any atom is 0.265 e. The molecular formula is C12H15N3O2. The van der Waals surface area contributed by atoms with E-state index in [4.69, 9.17) is 10.6 Å². The second kappa shape index (κ2) is 3.37. The van der Waals surface area contributed by atoms with Gasteiger partial charge in [0.2, 0.25) is 0 Å². The number of carbonyl (C=O) groups is 1. The lowest BCUT2D eigenvalue weighted by atomic mass is 10.1. The second-order valence-corrected chi connectivity index (χ2v) is 4.80. The summed E-state index contributed by atoms with van der Waals surface area (Å²) in [4.78, 5) is 13.6. The Bertz CT molecular complexity index is 483. The molecule has 1 aromatic rings. The Morgan fingerprint density at radius 2 is 2.29 bits per heavy atom. The Balaban J connectivity index is 1.99. The van der Waals surface area contributed by atoms with Crippen LogP contribution in [-0.4, -0.2) is 25.1 Å². The van der Waals surface area contributed by atoms with Crippen LogP contribution in [-0.2, 0) is 0 Å². The maximum atomic E-state index is 11.5. The summed E-state index contributed by atoms with van der Waals surface area (Å²) >= 11 is 0. The minimum Gasteiger partial charge on any atom is -0.483 e. The molecule has 17 heavy (non-hydrogen) atoms. The van der Waals surface area contributed by atoms with Crippen LogP contribution in [0.5, 0.6) is 5.75 Å². The molecule has 0 aromatic heterocycles. The Labute approximate surface area is 99.5 Å². The number of amides is 1. The van der Waals surface area contributed by atoms with E-state index in [1.807, 2.05) is 13.1 Å². The molecule has 0 saturated heterocycles. The van der Waals surface area contributed by atoms with Crippen molar-refractivity contribution in [1.29, 1.82) is 0 Å². The first-order valence-electron chi connectivity index (χ1n) is 5.69. The van der Waals surface area contributed by atoms with Gasteiger partial charge in [-0.25, -0.2) is 5.84 Å². The lowest BCUT2D eigenvalue weighted by Gasteiger charge is -2.34. The molecule has 3 N–H and O–H groups in total. The van der Waals surface area contributed by atoms with Crippen LogP contribution in [0.2, 0.25) is 0 Å². The first-order valence-corrected chi connectivity index (χ1v) is 5.69. The molecule has 5 nitrogen and oxygen atoms in total. The van der Waals surface area contributed by atoms with Gasteiger partial charge in [0.25, 0.3) is 5.91 Å². The standard InChI is InChI=1S/C12H15N3O2/c1-15-7-12(4-5-12)17-10-6-8(11(16)14-13)2-3-9(10)15/h2-3,6H,4-5,7,13H2,1H3,(H,14,16). The summed E-state index contributed by atoms with van der Waals surface area (Å²) in [6.45, 7) is 0.919. The number of nitrogens with one attached hydrogen (secondary N) is 1. The van der Waals surface area contributed by atoms with Crippen LogP contribution in [0.1, 0.15) is 23.2 Å². The number of hydrogen-bond acceptors (Lipinski definition) is 4. The summed E-state index contributed by atoms with van der Waals surface area (Å²) in [5, 5.41) is 0. The van der Waals surface area contributed by atoms with Crippen LogP contribution >= 0.6 is 0 Å². The maximum absolute atomic E-state index is 11.5. The van der Waals surface area contributed by atoms with E-state index in [0.717, 1.165) is 30.8 Å². The molecule has 5 heteroatoms. The Kier molecular flexibility index (Phi) is 2.06. The summed E-state index contributed by atoms with van der Waals surface area (Å²) in [5.74, 6) is 5.60. The van der Waals surface area contributed by atoms with Crippen molar-refractivity contribution in [3.05, 3.63) is 23.8 Å². The number of likely N-dealkylation sites (N-methyl/N-ethyl adjacent to an activating group) is 1. The molecule has 1 amide bonds. The number of fused-ring (bicyclic) bond motifs is 1. The largest absolute Gasteiger partial charge is 0.483 e. The molecule has 1 fully saturated rings. The topological polar surface area (TPSA) is 67.6 Å². The van der Waals surface area contributed by atoms with Crippen molar-refractivity contribution < 1.29 is 9.53 Å². The number of hydrogen-bond donors (Lipinski definition) is 2. The van der Waals surface area contributed by atoms with Gasteiger partial charge in [0.15, 0.2) is 0 Å². The van der Waals surface area contributed by atoms with Gasteiger partial charge < -0.3 is 9.64 Å². The zero-order chi connectivity index (χ0) is 12.0. The van der Waals surface area contributed by atoms with Crippen molar-refractivity contribution in [2.45, 2.75) is 18.4 Å². The van der Waals surface area contributed by atoms with Gasteiger partial charge in [0.05, 0.1) is 12.2 Å². The number of carbonyl (C=O) groups excluding carboxylic acids is 1. The zero-order valence-electron chi connectivity index (χ0n) is 9.69. The van der Waals surface area contributed by atoms with Crippen molar-refractivity contribution in [3.8, 4) is 5.75 Å². The van der Waals surface area contributed by atoms with Crippen molar-refractivity contribution in [3.63, 3.8) is 0 Å². The molecule has 3 rings (SSSR count). The molecular weight excluding hydrogens is 218 g/mol. The summed E-state index contributed by atoms with van der Waals surface area (Å²) in [6, 6.07) is 5.41. The molecule has 0 unspecified atom stereocenters. The van der Waals surface area contributed by atoms with Crippen LogP contribution < -0.4 is 20.9 Å². The third-order valence-corrected chi connectivity index (χ3v) is 3.42. The second-order valence-electron chi connectivity index (χ2n) is 4.80. The van der Waals surface area contributed by atoms with E-state index < -0.39 is 0 Å². The summed E-state index contributed by atoms with van der Waals surface area (Å²) in [7, 11) is 2.05. The number of nitrogens with zero attached hydrogens (tertiary/aromatic N) is 1. The van der Waals surface area contributed by atoms with Crippen LogP contribution in [0.4, 0.5) is 5.69 Å². The molecule has 2 aliphatic rings. The lowest BCUT2D eigenvalue weighted by molar-refractivity contribution is 0.0952. The van der Waals surface area contributed by atoms with Crippen molar-refractivity contribution in [1.82, 2.24) is 5.43 Å². The summed E-state index contributed by atoms with van der Waals surface area (Å²) in [6.07, 6.45) is 2.17. The summed E-state index contributed by atoms with van der Waals surface area (Å²) in [5.41, 5.74) is 3.66. The van der Waals surface area contributed by atoms with Crippen LogP contribution in [0.3, 0.4) is 0 Å². The minimum absolute atomic E-state index is 0.0143. The molecule has 90 valence electrons. The van der Waals surface area contributed by atoms with Gasteiger partial charge >= 0.3 is 0 Å². The molecule has 1 aromatic carbocycles. The van der Waals surface area contributed by atoms with Gasteiger partial charge in [0, 0.05) is 12.6 Å².